The first-order valence-electron chi connectivity index (χ1n) is 6.05. The molecule has 0 bridgehead atoms. The van der Waals surface area contributed by atoms with Crippen molar-refractivity contribution < 1.29 is 8.78 Å². The fourth-order valence-electron chi connectivity index (χ4n) is 2.39. The monoisotopic (exact) mass is 293 g/mol. The van der Waals surface area contributed by atoms with Crippen LogP contribution in [0, 0.1) is 0 Å². The maximum Gasteiger partial charge on any atom is 0.273 e. The molecule has 0 spiro atoms. The molecular weight excluding hydrogens is 276 g/mol. The Kier molecular flexibility index (Phi) is 5.75. The lowest BCUT2D eigenvalue weighted by Crippen LogP contribution is -2.39. The van der Waals surface area contributed by atoms with Crippen molar-refractivity contribution in [1.29, 1.82) is 0 Å². The molecule has 1 aliphatic rings. The minimum atomic E-state index is -2.29. The zero-order valence-corrected chi connectivity index (χ0v) is 11.3. The van der Waals surface area contributed by atoms with Gasteiger partial charge in [-0.25, -0.2) is 8.78 Å². The Morgan fingerprint density at radius 1 is 1.37 bits per heavy atom. The number of nitrogens with two attached hydrogens (primary N) is 1. The standard InChI is InChI=1S/C12H17F2N3O.ClH/c13-11(14)8-16-6-3-9(4-7-16)17-5-1-2-10(15)12(17)18;/h1-2,5,9,11H,3-4,6-8,15H2;1H. The van der Waals surface area contributed by atoms with Gasteiger partial charge in [0.2, 0.25) is 0 Å². The highest BCUT2D eigenvalue weighted by Gasteiger charge is 2.23. The van der Waals surface area contributed by atoms with Gasteiger partial charge in [0.25, 0.3) is 12.0 Å². The molecule has 0 aliphatic carbocycles. The summed E-state index contributed by atoms with van der Waals surface area (Å²) < 4.78 is 26.1. The molecule has 0 atom stereocenters. The Morgan fingerprint density at radius 3 is 2.58 bits per heavy atom. The molecule has 0 aromatic carbocycles. The van der Waals surface area contributed by atoms with E-state index >= 15 is 0 Å². The van der Waals surface area contributed by atoms with E-state index in [9.17, 15) is 13.6 Å². The zero-order chi connectivity index (χ0) is 13.1. The van der Waals surface area contributed by atoms with Gasteiger partial charge < -0.3 is 10.3 Å². The lowest BCUT2D eigenvalue weighted by atomic mass is 10.0. The molecule has 1 aromatic rings. The van der Waals surface area contributed by atoms with Crippen molar-refractivity contribution in [3.8, 4) is 0 Å². The number of anilines is 1. The summed E-state index contributed by atoms with van der Waals surface area (Å²) in [5.41, 5.74) is 5.62. The smallest absolute Gasteiger partial charge is 0.273 e. The lowest BCUT2D eigenvalue weighted by molar-refractivity contribution is 0.0699. The van der Waals surface area contributed by atoms with E-state index < -0.39 is 6.43 Å². The van der Waals surface area contributed by atoms with Crippen molar-refractivity contribution in [2.45, 2.75) is 25.3 Å². The molecule has 0 saturated carbocycles. The van der Waals surface area contributed by atoms with E-state index in [4.69, 9.17) is 5.73 Å². The fraction of sp³-hybridized carbons (Fsp3) is 0.583. The normalized spacial score (nSPS) is 17.4. The van der Waals surface area contributed by atoms with Crippen molar-refractivity contribution in [3.63, 3.8) is 0 Å². The first-order valence-corrected chi connectivity index (χ1v) is 6.05. The molecule has 0 radical (unpaired) electrons. The number of alkyl halides is 2. The Balaban J connectivity index is 0.00000180. The molecule has 1 aliphatic heterocycles. The van der Waals surface area contributed by atoms with Crippen LogP contribution in [-0.4, -0.2) is 35.5 Å². The summed E-state index contributed by atoms with van der Waals surface area (Å²) in [6.07, 6.45) is 0.829. The molecule has 1 fully saturated rings. The number of rotatable bonds is 3. The number of hydrogen-bond acceptors (Lipinski definition) is 3. The van der Waals surface area contributed by atoms with Crippen LogP contribution >= 0.6 is 12.4 Å². The van der Waals surface area contributed by atoms with Gasteiger partial charge in [-0.15, -0.1) is 12.4 Å². The third-order valence-electron chi connectivity index (χ3n) is 3.35. The second-order valence-electron chi connectivity index (χ2n) is 4.60. The van der Waals surface area contributed by atoms with Gasteiger partial charge in [-0.3, -0.25) is 9.69 Å². The Morgan fingerprint density at radius 2 is 2.00 bits per heavy atom. The highest BCUT2D eigenvalue weighted by Crippen LogP contribution is 2.21. The third-order valence-corrected chi connectivity index (χ3v) is 3.35. The fourth-order valence-corrected chi connectivity index (χ4v) is 2.39. The van der Waals surface area contributed by atoms with Gasteiger partial charge in [-0.1, -0.05) is 0 Å². The van der Waals surface area contributed by atoms with E-state index in [0.717, 1.165) is 0 Å². The van der Waals surface area contributed by atoms with Crippen molar-refractivity contribution >= 4 is 18.1 Å². The van der Waals surface area contributed by atoms with Crippen LogP contribution < -0.4 is 11.3 Å². The number of hydrogen-bond donors (Lipinski definition) is 1. The molecule has 108 valence electrons. The number of nitrogen functional groups attached to an aromatic ring is 1. The summed E-state index contributed by atoms with van der Waals surface area (Å²) in [6.45, 7) is 1.00. The van der Waals surface area contributed by atoms with Gasteiger partial charge in [0.15, 0.2) is 0 Å². The van der Waals surface area contributed by atoms with E-state index in [2.05, 4.69) is 0 Å². The average molecular weight is 294 g/mol. The summed E-state index contributed by atoms with van der Waals surface area (Å²) in [7, 11) is 0. The van der Waals surface area contributed by atoms with Crippen LogP contribution in [0.3, 0.4) is 0 Å². The SMILES string of the molecule is Cl.Nc1cccn(C2CCN(CC(F)F)CC2)c1=O. The number of halogens is 3. The van der Waals surface area contributed by atoms with Gasteiger partial charge in [0.1, 0.15) is 0 Å². The quantitative estimate of drug-likeness (QED) is 0.924. The van der Waals surface area contributed by atoms with E-state index in [1.165, 1.54) is 0 Å². The number of piperidine rings is 1. The van der Waals surface area contributed by atoms with Crippen LogP contribution in [0.5, 0.6) is 0 Å². The van der Waals surface area contributed by atoms with Crippen LogP contribution in [0.4, 0.5) is 14.5 Å². The number of pyridine rings is 1. The van der Waals surface area contributed by atoms with Gasteiger partial charge in [-0.05, 0) is 25.0 Å². The van der Waals surface area contributed by atoms with Crippen LogP contribution in [0.25, 0.3) is 0 Å². The predicted molar refractivity (Wildman–Crippen MR) is 73.1 cm³/mol. The molecule has 0 unspecified atom stereocenters. The molecule has 4 nitrogen and oxygen atoms in total. The van der Waals surface area contributed by atoms with Crippen molar-refractivity contribution in [2.24, 2.45) is 0 Å². The Labute approximate surface area is 116 Å². The molecule has 1 saturated heterocycles. The highest BCUT2D eigenvalue weighted by atomic mass is 35.5. The summed E-state index contributed by atoms with van der Waals surface area (Å²) >= 11 is 0. The number of nitrogens with zero attached hydrogens (tertiary/aromatic N) is 2. The molecule has 2 N–H and O–H groups in total. The largest absolute Gasteiger partial charge is 0.394 e. The molecule has 2 rings (SSSR count). The summed E-state index contributed by atoms with van der Waals surface area (Å²) in [5, 5.41) is 0. The number of likely N-dealkylation sites (tertiary alicyclic amines) is 1. The van der Waals surface area contributed by atoms with Gasteiger partial charge in [-0.2, -0.15) is 0 Å². The average Bonchev–Trinajstić information content (AvgIpc) is 2.33. The molecular formula is C12H18ClF2N3O. The van der Waals surface area contributed by atoms with Gasteiger partial charge >= 0.3 is 0 Å². The lowest BCUT2D eigenvalue weighted by Gasteiger charge is -2.32. The summed E-state index contributed by atoms with van der Waals surface area (Å²) in [6, 6.07) is 3.38. The molecule has 0 amide bonds. The molecule has 7 heteroatoms. The van der Waals surface area contributed by atoms with Gasteiger partial charge in [0.05, 0.1) is 12.2 Å². The zero-order valence-electron chi connectivity index (χ0n) is 10.5. The van der Waals surface area contributed by atoms with E-state index in [1.54, 1.807) is 27.8 Å². The first-order chi connectivity index (χ1) is 8.58. The van der Waals surface area contributed by atoms with Crippen LogP contribution in [0.2, 0.25) is 0 Å². The van der Waals surface area contributed by atoms with Crippen molar-refractivity contribution in [2.75, 3.05) is 25.4 Å². The van der Waals surface area contributed by atoms with Crippen molar-refractivity contribution in [1.82, 2.24) is 9.47 Å². The predicted octanol–water partition coefficient (Wildman–Crippen LogP) is 1.75. The van der Waals surface area contributed by atoms with E-state index in [-0.39, 0.29) is 36.2 Å². The summed E-state index contributed by atoms with van der Waals surface area (Å²) in [4.78, 5) is 13.6. The van der Waals surface area contributed by atoms with Gasteiger partial charge in [0, 0.05) is 25.3 Å². The number of aromatic nitrogens is 1. The minimum Gasteiger partial charge on any atom is -0.394 e. The molecule has 2 heterocycles. The van der Waals surface area contributed by atoms with E-state index in [1.807, 2.05) is 0 Å². The second-order valence-corrected chi connectivity index (χ2v) is 4.60. The first kappa shape index (κ1) is 15.9. The molecule has 1 aromatic heterocycles. The van der Waals surface area contributed by atoms with Crippen LogP contribution in [0.1, 0.15) is 18.9 Å². The Bertz CT molecular complexity index is 459. The third kappa shape index (κ3) is 3.91. The van der Waals surface area contributed by atoms with Crippen molar-refractivity contribution in [3.05, 3.63) is 28.7 Å². The minimum absolute atomic E-state index is 0. The maximum atomic E-state index is 12.2. The second kappa shape index (κ2) is 6.86. The highest BCUT2D eigenvalue weighted by molar-refractivity contribution is 5.85. The topological polar surface area (TPSA) is 51.3 Å². The summed E-state index contributed by atoms with van der Waals surface area (Å²) in [5.74, 6) is 0. The Hall–Kier alpha value is -1.14. The maximum absolute atomic E-state index is 12.2. The van der Waals surface area contributed by atoms with E-state index in [0.29, 0.717) is 25.9 Å². The van der Waals surface area contributed by atoms with Crippen LogP contribution in [0.15, 0.2) is 23.1 Å². The van der Waals surface area contributed by atoms with Crippen LogP contribution in [-0.2, 0) is 0 Å². The molecule has 19 heavy (non-hydrogen) atoms.